The molecule has 0 radical (unpaired) electrons. The summed E-state index contributed by atoms with van der Waals surface area (Å²) in [5, 5.41) is 4.46. The zero-order chi connectivity index (χ0) is 19.8. The molecule has 0 unspecified atom stereocenters. The Hall–Kier alpha value is -2.75. The van der Waals surface area contributed by atoms with Crippen LogP contribution in [0.1, 0.15) is 38.1 Å². The number of thiazole rings is 1. The Labute approximate surface area is 158 Å². The Morgan fingerprint density at radius 1 is 1.30 bits per heavy atom. The molecule has 10 heteroatoms. The minimum atomic E-state index is -0.963. The van der Waals surface area contributed by atoms with Gasteiger partial charge in [-0.1, -0.05) is 13.8 Å². The summed E-state index contributed by atoms with van der Waals surface area (Å²) in [5.74, 6) is -1.17. The van der Waals surface area contributed by atoms with Crippen molar-refractivity contribution in [2.75, 3.05) is 6.54 Å². The van der Waals surface area contributed by atoms with E-state index in [1.165, 1.54) is 21.8 Å². The van der Waals surface area contributed by atoms with Gasteiger partial charge in [0.15, 0.2) is 4.96 Å². The molecule has 0 atom stereocenters. The van der Waals surface area contributed by atoms with Crippen LogP contribution in [0.5, 0.6) is 0 Å². The fourth-order valence-corrected chi connectivity index (χ4v) is 3.94. The number of imide groups is 1. The molecule has 1 aliphatic rings. The third-order valence-electron chi connectivity index (χ3n) is 4.75. The molecule has 27 heavy (non-hydrogen) atoms. The highest BCUT2D eigenvalue weighted by Crippen LogP contribution is 2.24. The molecule has 1 N–H and O–H groups in total. The summed E-state index contributed by atoms with van der Waals surface area (Å²) in [5.41, 5.74) is -0.126. The predicted octanol–water partition coefficient (Wildman–Crippen LogP) is 1.22. The van der Waals surface area contributed by atoms with Gasteiger partial charge < -0.3 is 10.1 Å². The maximum Gasteiger partial charge on any atom is 0.326 e. The fraction of sp³-hybridized carbons (Fsp3) is 0.471. The molecule has 2 aromatic rings. The Bertz CT molecular complexity index is 975. The smallest absolute Gasteiger partial charge is 0.326 e. The molecule has 1 fully saturated rings. The molecular weight excluding hydrogens is 372 g/mol. The van der Waals surface area contributed by atoms with Crippen LogP contribution < -0.4 is 10.9 Å². The molecular formula is C17H20N4O5S. The number of carbonyl (C=O) groups excluding carboxylic acids is 3. The number of aryl methyl sites for hydroxylation is 1. The van der Waals surface area contributed by atoms with Gasteiger partial charge in [-0.25, -0.2) is 9.78 Å². The number of carbonyl (C=O) groups is 3. The zero-order valence-corrected chi connectivity index (χ0v) is 16.1. The third-order valence-corrected chi connectivity index (χ3v) is 5.69. The Morgan fingerprint density at radius 3 is 2.63 bits per heavy atom. The van der Waals surface area contributed by atoms with Crippen molar-refractivity contribution in [1.82, 2.24) is 19.6 Å². The maximum absolute atomic E-state index is 12.5. The van der Waals surface area contributed by atoms with Gasteiger partial charge in [0.05, 0.1) is 5.69 Å². The average Bonchev–Trinajstić information content (AvgIpc) is 3.13. The molecule has 3 heterocycles. The van der Waals surface area contributed by atoms with Crippen LogP contribution in [0.2, 0.25) is 0 Å². The number of aromatic nitrogens is 2. The summed E-state index contributed by atoms with van der Waals surface area (Å²) in [6.45, 7) is 4.72. The summed E-state index contributed by atoms with van der Waals surface area (Å²) >= 11 is 1.31. The molecule has 0 bridgehead atoms. The molecule has 144 valence electrons. The number of esters is 1. The van der Waals surface area contributed by atoms with Gasteiger partial charge in [0.1, 0.15) is 18.7 Å². The number of hydrogen-bond acceptors (Lipinski definition) is 7. The SMILES string of the molecule is CCC1(CC)NC(=O)N(CC(=O)OCc2cc(=O)n3c(C)csc3n2)C1=O. The summed E-state index contributed by atoms with van der Waals surface area (Å²) in [4.78, 5) is 54.4. The quantitative estimate of drug-likeness (QED) is 0.585. The number of urea groups is 1. The highest BCUT2D eigenvalue weighted by molar-refractivity contribution is 7.15. The van der Waals surface area contributed by atoms with Crippen LogP contribution in [0.4, 0.5) is 4.79 Å². The van der Waals surface area contributed by atoms with Gasteiger partial charge in [0, 0.05) is 17.1 Å². The molecule has 1 saturated heterocycles. The summed E-state index contributed by atoms with van der Waals surface area (Å²) < 4.78 is 6.58. The van der Waals surface area contributed by atoms with Crippen LogP contribution in [0.3, 0.4) is 0 Å². The summed E-state index contributed by atoms with van der Waals surface area (Å²) in [6.07, 6.45) is 0.876. The van der Waals surface area contributed by atoms with E-state index in [1.807, 2.05) is 5.38 Å². The largest absolute Gasteiger partial charge is 0.458 e. The molecule has 0 aliphatic carbocycles. The number of ether oxygens (including phenoxy) is 1. The van der Waals surface area contributed by atoms with Crippen molar-refractivity contribution in [2.45, 2.75) is 45.8 Å². The van der Waals surface area contributed by atoms with Crippen LogP contribution >= 0.6 is 11.3 Å². The lowest BCUT2D eigenvalue weighted by Gasteiger charge is -2.22. The third kappa shape index (κ3) is 3.32. The minimum absolute atomic E-state index is 0.210. The monoisotopic (exact) mass is 392 g/mol. The first kappa shape index (κ1) is 19.0. The minimum Gasteiger partial charge on any atom is -0.458 e. The Morgan fingerprint density at radius 2 is 2.00 bits per heavy atom. The van der Waals surface area contributed by atoms with Gasteiger partial charge in [-0.05, 0) is 19.8 Å². The molecule has 0 saturated carbocycles. The fourth-order valence-electron chi connectivity index (χ4n) is 3.05. The standard InChI is InChI=1S/C17H20N4O5S/c1-4-17(5-2)14(24)20(15(25)19-17)7-13(23)26-8-11-6-12(22)21-10(3)9-27-16(21)18-11/h6,9H,4-5,7-8H2,1-3H3,(H,19,25). The van der Waals surface area contributed by atoms with Crippen molar-refractivity contribution in [3.8, 4) is 0 Å². The van der Waals surface area contributed by atoms with Crippen molar-refractivity contribution in [2.24, 2.45) is 0 Å². The topological polar surface area (TPSA) is 110 Å². The zero-order valence-electron chi connectivity index (χ0n) is 15.3. The van der Waals surface area contributed by atoms with E-state index in [0.29, 0.717) is 23.5 Å². The van der Waals surface area contributed by atoms with Crippen LogP contribution in [0, 0.1) is 6.92 Å². The lowest BCUT2D eigenvalue weighted by molar-refractivity contribution is -0.149. The van der Waals surface area contributed by atoms with E-state index in [2.05, 4.69) is 10.3 Å². The van der Waals surface area contributed by atoms with E-state index in [-0.39, 0.29) is 12.2 Å². The van der Waals surface area contributed by atoms with Crippen LogP contribution in [-0.4, -0.2) is 44.3 Å². The molecule has 0 aromatic carbocycles. The number of rotatable bonds is 6. The Kier molecular flexibility index (Phi) is 5.01. The van der Waals surface area contributed by atoms with E-state index in [9.17, 15) is 19.2 Å². The van der Waals surface area contributed by atoms with Gasteiger partial charge in [-0.15, -0.1) is 11.3 Å². The van der Waals surface area contributed by atoms with Crippen LogP contribution in [0.25, 0.3) is 4.96 Å². The van der Waals surface area contributed by atoms with E-state index in [1.54, 1.807) is 20.8 Å². The number of hydrogen-bond donors (Lipinski definition) is 1. The second-order valence-corrected chi connectivity index (χ2v) is 7.19. The van der Waals surface area contributed by atoms with E-state index >= 15 is 0 Å². The molecule has 3 rings (SSSR count). The molecule has 9 nitrogen and oxygen atoms in total. The van der Waals surface area contributed by atoms with Crippen molar-refractivity contribution < 1.29 is 19.1 Å². The van der Waals surface area contributed by atoms with E-state index in [0.717, 1.165) is 10.6 Å². The van der Waals surface area contributed by atoms with Crippen molar-refractivity contribution in [3.63, 3.8) is 0 Å². The highest BCUT2D eigenvalue weighted by atomic mass is 32.1. The Balaban J connectivity index is 1.66. The number of fused-ring (bicyclic) bond motifs is 1. The first-order chi connectivity index (χ1) is 12.8. The molecule has 0 spiro atoms. The lowest BCUT2D eigenvalue weighted by Crippen LogP contribution is -2.46. The van der Waals surface area contributed by atoms with Crippen LogP contribution in [-0.2, 0) is 20.9 Å². The predicted molar refractivity (Wildman–Crippen MR) is 97.4 cm³/mol. The summed E-state index contributed by atoms with van der Waals surface area (Å²) in [6, 6.07) is 0.694. The van der Waals surface area contributed by atoms with Crippen molar-refractivity contribution >= 4 is 34.2 Å². The van der Waals surface area contributed by atoms with Crippen molar-refractivity contribution in [1.29, 1.82) is 0 Å². The lowest BCUT2D eigenvalue weighted by atomic mass is 9.93. The first-order valence-electron chi connectivity index (χ1n) is 8.58. The van der Waals surface area contributed by atoms with E-state index < -0.39 is 30.0 Å². The van der Waals surface area contributed by atoms with Gasteiger partial charge in [0.25, 0.3) is 11.5 Å². The van der Waals surface area contributed by atoms with Crippen LogP contribution in [0.15, 0.2) is 16.2 Å². The van der Waals surface area contributed by atoms with Crippen molar-refractivity contribution in [3.05, 3.63) is 33.2 Å². The second kappa shape index (κ2) is 7.10. The highest BCUT2D eigenvalue weighted by Gasteiger charge is 2.49. The molecule has 1 aliphatic heterocycles. The molecule has 3 amide bonds. The summed E-state index contributed by atoms with van der Waals surface area (Å²) in [7, 11) is 0. The van der Waals surface area contributed by atoms with Gasteiger partial charge in [0.2, 0.25) is 0 Å². The maximum atomic E-state index is 12.5. The number of nitrogens with one attached hydrogen (secondary N) is 1. The molecule has 2 aromatic heterocycles. The first-order valence-corrected chi connectivity index (χ1v) is 9.45. The average molecular weight is 392 g/mol. The van der Waals surface area contributed by atoms with Gasteiger partial charge >= 0.3 is 12.0 Å². The van der Waals surface area contributed by atoms with Gasteiger partial charge in [-0.3, -0.25) is 23.7 Å². The second-order valence-electron chi connectivity index (χ2n) is 6.35. The normalized spacial score (nSPS) is 16.0. The van der Waals surface area contributed by atoms with E-state index in [4.69, 9.17) is 4.74 Å². The number of amides is 3. The number of nitrogens with zero attached hydrogens (tertiary/aromatic N) is 3. The van der Waals surface area contributed by atoms with Gasteiger partial charge in [-0.2, -0.15) is 0 Å².